The second-order valence-electron chi connectivity index (χ2n) is 2.72. The van der Waals surface area contributed by atoms with Crippen LogP contribution in [-0.4, -0.2) is 20.0 Å². The zero-order valence-corrected chi connectivity index (χ0v) is 8.85. The van der Waals surface area contributed by atoms with Crippen molar-refractivity contribution in [2.45, 2.75) is 6.54 Å². The van der Waals surface area contributed by atoms with E-state index < -0.39 is 0 Å². The summed E-state index contributed by atoms with van der Waals surface area (Å²) >= 11 is 3.33. The molecule has 0 amide bonds. The zero-order valence-electron chi connectivity index (χ0n) is 7.26. The second kappa shape index (κ2) is 3.85. The minimum atomic E-state index is 0.390. The third kappa shape index (κ3) is 1.80. The molecule has 0 aliphatic heterocycles. The fourth-order valence-electron chi connectivity index (χ4n) is 1.04. The second-order valence-corrected chi connectivity index (χ2v) is 3.64. The Labute approximate surface area is 89.1 Å². The van der Waals surface area contributed by atoms with Gasteiger partial charge in [0.05, 0.1) is 23.8 Å². The first-order valence-corrected chi connectivity index (χ1v) is 4.81. The van der Waals surface area contributed by atoms with Gasteiger partial charge in [0.25, 0.3) is 0 Å². The van der Waals surface area contributed by atoms with E-state index in [-0.39, 0.29) is 0 Å². The summed E-state index contributed by atoms with van der Waals surface area (Å²) in [7, 11) is 0. The first-order valence-electron chi connectivity index (χ1n) is 4.02. The predicted octanol–water partition coefficient (Wildman–Crippen LogP) is 0.883. The molecule has 2 N–H and O–H groups in total. The molecule has 0 spiro atoms. The highest BCUT2D eigenvalue weighted by molar-refractivity contribution is 9.10. The summed E-state index contributed by atoms with van der Waals surface area (Å²) in [5, 5.41) is 7.81. The molecule has 6 heteroatoms. The molecule has 0 fully saturated rings. The van der Waals surface area contributed by atoms with Gasteiger partial charge in [-0.1, -0.05) is 5.21 Å². The molecule has 2 rings (SSSR count). The highest BCUT2D eigenvalue weighted by Gasteiger charge is 2.01. The van der Waals surface area contributed by atoms with Crippen LogP contribution in [0.3, 0.4) is 0 Å². The van der Waals surface area contributed by atoms with Gasteiger partial charge < -0.3 is 5.73 Å². The van der Waals surface area contributed by atoms with Gasteiger partial charge >= 0.3 is 0 Å². The lowest BCUT2D eigenvalue weighted by atomic mass is 10.4. The highest BCUT2D eigenvalue weighted by atomic mass is 79.9. The number of rotatable bonds is 2. The molecule has 5 nitrogen and oxygen atoms in total. The van der Waals surface area contributed by atoms with Crippen LogP contribution in [0.1, 0.15) is 5.69 Å². The van der Waals surface area contributed by atoms with Gasteiger partial charge in [-0.2, -0.15) is 0 Å². The summed E-state index contributed by atoms with van der Waals surface area (Å²) in [5.41, 5.74) is 7.04. The molecule has 0 saturated heterocycles. The largest absolute Gasteiger partial charge is 0.325 e. The summed E-state index contributed by atoms with van der Waals surface area (Å²) in [5.74, 6) is 0. The Hall–Kier alpha value is -1.27. The highest BCUT2D eigenvalue weighted by Crippen LogP contribution is 2.12. The average Bonchev–Trinajstić information content (AvgIpc) is 2.66. The molecule has 0 aromatic carbocycles. The topological polar surface area (TPSA) is 69.6 Å². The molecule has 0 unspecified atom stereocenters. The third-order valence-electron chi connectivity index (χ3n) is 1.70. The van der Waals surface area contributed by atoms with Crippen LogP contribution < -0.4 is 5.73 Å². The molecule has 0 bridgehead atoms. The molecule has 0 aliphatic carbocycles. The first kappa shape index (κ1) is 9.29. The summed E-state index contributed by atoms with van der Waals surface area (Å²) in [6.07, 6.45) is 5.20. The average molecular weight is 254 g/mol. The molecular weight excluding hydrogens is 246 g/mol. The van der Waals surface area contributed by atoms with Gasteiger partial charge in [-0.15, -0.1) is 5.10 Å². The van der Waals surface area contributed by atoms with E-state index in [4.69, 9.17) is 5.73 Å². The normalized spacial score (nSPS) is 10.4. The number of hydrogen-bond acceptors (Lipinski definition) is 4. The van der Waals surface area contributed by atoms with E-state index in [1.807, 2.05) is 6.07 Å². The van der Waals surface area contributed by atoms with Crippen LogP contribution in [0.4, 0.5) is 0 Å². The molecule has 2 aromatic rings. The van der Waals surface area contributed by atoms with Crippen molar-refractivity contribution in [1.82, 2.24) is 20.0 Å². The van der Waals surface area contributed by atoms with Crippen molar-refractivity contribution in [3.63, 3.8) is 0 Å². The van der Waals surface area contributed by atoms with Crippen LogP contribution in [0.5, 0.6) is 0 Å². The molecule has 0 atom stereocenters. The maximum Gasteiger partial charge on any atom is 0.0967 e. The Morgan fingerprint density at radius 2 is 2.29 bits per heavy atom. The Morgan fingerprint density at radius 3 is 2.93 bits per heavy atom. The fraction of sp³-hybridized carbons (Fsp3) is 0.125. The number of hydrogen-bond donors (Lipinski definition) is 1. The summed E-state index contributed by atoms with van der Waals surface area (Å²) in [4.78, 5) is 4.03. The monoisotopic (exact) mass is 253 g/mol. The van der Waals surface area contributed by atoms with Crippen LogP contribution in [0.2, 0.25) is 0 Å². The zero-order chi connectivity index (χ0) is 9.97. The summed E-state index contributed by atoms with van der Waals surface area (Å²) in [6.45, 7) is 0.390. The van der Waals surface area contributed by atoms with E-state index in [9.17, 15) is 0 Å². The van der Waals surface area contributed by atoms with Crippen molar-refractivity contribution in [3.8, 4) is 5.69 Å². The van der Waals surface area contributed by atoms with Gasteiger partial charge in [-0.05, 0) is 22.0 Å². The summed E-state index contributed by atoms with van der Waals surface area (Å²) < 4.78 is 2.54. The summed E-state index contributed by atoms with van der Waals surface area (Å²) in [6, 6.07) is 1.90. The van der Waals surface area contributed by atoms with E-state index in [0.29, 0.717) is 6.54 Å². The quantitative estimate of drug-likeness (QED) is 0.863. The van der Waals surface area contributed by atoms with Crippen molar-refractivity contribution in [1.29, 1.82) is 0 Å². The minimum absolute atomic E-state index is 0.390. The standard InChI is InChI=1S/C8H8BrN5/c9-6-1-8(4-11-3-6)14-5-7(2-10)12-13-14/h1,3-5H,2,10H2. The molecular formula is C8H8BrN5. The number of halogens is 1. The van der Waals surface area contributed by atoms with E-state index in [0.717, 1.165) is 15.9 Å². The first-order chi connectivity index (χ1) is 6.79. The molecule has 2 aromatic heterocycles. The SMILES string of the molecule is NCc1cn(-c2cncc(Br)c2)nn1. The maximum atomic E-state index is 5.43. The predicted molar refractivity (Wildman–Crippen MR) is 54.7 cm³/mol. The number of nitrogens with two attached hydrogens (primary N) is 1. The Morgan fingerprint density at radius 1 is 1.43 bits per heavy atom. The van der Waals surface area contributed by atoms with Crippen molar-refractivity contribution in [2.75, 3.05) is 0 Å². The molecule has 2 heterocycles. The van der Waals surface area contributed by atoms with Crippen LogP contribution in [0.25, 0.3) is 5.69 Å². The molecule has 0 radical (unpaired) electrons. The Bertz CT molecular complexity index is 439. The Kier molecular flexibility index (Phi) is 2.55. The van der Waals surface area contributed by atoms with E-state index >= 15 is 0 Å². The van der Waals surface area contributed by atoms with Crippen molar-refractivity contribution in [2.24, 2.45) is 5.73 Å². The van der Waals surface area contributed by atoms with Gasteiger partial charge in [0.1, 0.15) is 0 Å². The van der Waals surface area contributed by atoms with E-state index in [1.54, 1.807) is 23.3 Å². The van der Waals surface area contributed by atoms with Crippen LogP contribution >= 0.6 is 15.9 Å². The van der Waals surface area contributed by atoms with Gasteiger partial charge in [0, 0.05) is 17.2 Å². The van der Waals surface area contributed by atoms with Gasteiger partial charge in [0.15, 0.2) is 0 Å². The van der Waals surface area contributed by atoms with Crippen LogP contribution in [-0.2, 0) is 6.54 Å². The maximum absolute atomic E-state index is 5.43. The number of aromatic nitrogens is 4. The van der Waals surface area contributed by atoms with Crippen molar-refractivity contribution < 1.29 is 0 Å². The lowest BCUT2D eigenvalue weighted by Crippen LogP contribution is -1.96. The number of pyridine rings is 1. The van der Waals surface area contributed by atoms with E-state index in [2.05, 4.69) is 31.2 Å². The third-order valence-corrected chi connectivity index (χ3v) is 2.14. The molecule has 0 saturated carbocycles. The number of nitrogens with zero attached hydrogens (tertiary/aromatic N) is 4. The molecule has 14 heavy (non-hydrogen) atoms. The van der Waals surface area contributed by atoms with Crippen molar-refractivity contribution >= 4 is 15.9 Å². The lowest BCUT2D eigenvalue weighted by Gasteiger charge is -1.98. The smallest absolute Gasteiger partial charge is 0.0967 e. The molecule has 72 valence electrons. The molecule has 0 aliphatic rings. The van der Waals surface area contributed by atoms with Gasteiger partial charge in [-0.3, -0.25) is 4.98 Å². The van der Waals surface area contributed by atoms with Crippen molar-refractivity contribution in [3.05, 3.63) is 34.8 Å². The van der Waals surface area contributed by atoms with Gasteiger partial charge in [-0.25, -0.2) is 4.68 Å². The minimum Gasteiger partial charge on any atom is -0.325 e. The fourth-order valence-corrected chi connectivity index (χ4v) is 1.40. The Balaban J connectivity index is 2.39. The van der Waals surface area contributed by atoms with Crippen LogP contribution in [0, 0.1) is 0 Å². The van der Waals surface area contributed by atoms with Crippen LogP contribution in [0.15, 0.2) is 29.1 Å². The van der Waals surface area contributed by atoms with Gasteiger partial charge in [0.2, 0.25) is 0 Å². The lowest BCUT2D eigenvalue weighted by molar-refractivity contribution is 0.793. The van der Waals surface area contributed by atoms with E-state index in [1.165, 1.54) is 0 Å².